The lowest BCUT2D eigenvalue weighted by atomic mass is 9.92. The van der Waals surface area contributed by atoms with E-state index in [0.717, 1.165) is 5.56 Å². The Hall–Kier alpha value is -1.38. The van der Waals surface area contributed by atoms with Gasteiger partial charge in [-0.05, 0) is 17.5 Å². The number of hydrogen-bond donors (Lipinski definition) is 1. The van der Waals surface area contributed by atoms with Crippen LogP contribution in [0.2, 0.25) is 0 Å². The van der Waals surface area contributed by atoms with Gasteiger partial charge in [0, 0.05) is 6.42 Å². The molecule has 1 N–H and O–H groups in total. The van der Waals surface area contributed by atoms with E-state index in [1.54, 1.807) is 6.07 Å². The van der Waals surface area contributed by atoms with Gasteiger partial charge < -0.3 is 5.32 Å². The molecule has 0 aliphatic carbocycles. The summed E-state index contributed by atoms with van der Waals surface area (Å²) in [5, 5.41) is 2.54. The molecular weight excluding hydrogens is 169 g/mol. The molecule has 0 fully saturated rings. The lowest BCUT2D eigenvalue weighted by Crippen LogP contribution is -2.22. The van der Waals surface area contributed by atoms with Crippen LogP contribution < -0.4 is 5.32 Å². The third-order valence-corrected chi connectivity index (χ3v) is 2.33. The van der Waals surface area contributed by atoms with Gasteiger partial charge in [-0.25, -0.2) is 4.39 Å². The molecule has 68 valence electrons. The van der Waals surface area contributed by atoms with Gasteiger partial charge in [0.05, 0.1) is 5.69 Å². The molecule has 1 heterocycles. The Balaban J connectivity index is 2.54. The maximum atomic E-state index is 13.2. The van der Waals surface area contributed by atoms with Crippen molar-refractivity contribution in [3.05, 3.63) is 29.6 Å². The Labute approximate surface area is 75.8 Å². The molecule has 0 spiro atoms. The lowest BCUT2D eigenvalue weighted by Gasteiger charge is -2.22. The predicted octanol–water partition coefficient (Wildman–Crippen LogP) is 2.27. The highest BCUT2D eigenvalue weighted by atomic mass is 19.1. The van der Waals surface area contributed by atoms with Gasteiger partial charge in [-0.15, -0.1) is 0 Å². The van der Waals surface area contributed by atoms with E-state index in [-0.39, 0.29) is 17.6 Å². The highest BCUT2D eigenvalue weighted by Gasteiger charge is 2.23. The Morgan fingerprint density at radius 3 is 3.08 bits per heavy atom. The molecule has 1 unspecified atom stereocenters. The second-order valence-electron chi connectivity index (χ2n) is 3.36. The van der Waals surface area contributed by atoms with Gasteiger partial charge in [-0.1, -0.05) is 19.1 Å². The maximum Gasteiger partial charge on any atom is 0.225 e. The predicted molar refractivity (Wildman–Crippen MR) is 48.1 cm³/mol. The molecule has 0 saturated carbocycles. The first-order valence-electron chi connectivity index (χ1n) is 4.26. The van der Waals surface area contributed by atoms with Crippen molar-refractivity contribution >= 4 is 11.6 Å². The number of hydrogen-bond acceptors (Lipinski definition) is 1. The van der Waals surface area contributed by atoms with Crippen LogP contribution >= 0.6 is 0 Å². The summed E-state index contributed by atoms with van der Waals surface area (Å²) < 4.78 is 13.2. The van der Waals surface area contributed by atoms with Crippen LogP contribution in [-0.2, 0) is 4.79 Å². The first-order valence-corrected chi connectivity index (χ1v) is 4.26. The van der Waals surface area contributed by atoms with Gasteiger partial charge in [0.1, 0.15) is 5.82 Å². The summed E-state index contributed by atoms with van der Waals surface area (Å²) in [6.07, 6.45) is 0.441. The molecule has 3 heteroatoms. The van der Waals surface area contributed by atoms with Crippen molar-refractivity contribution in [2.24, 2.45) is 0 Å². The van der Waals surface area contributed by atoms with Crippen molar-refractivity contribution in [3.8, 4) is 0 Å². The number of carbonyl (C=O) groups is 1. The lowest BCUT2D eigenvalue weighted by molar-refractivity contribution is -0.116. The highest BCUT2D eigenvalue weighted by Crippen LogP contribution is 2.33. The first-order chi connectivity index (χ1) is 6.18. The van der Waals surface area contributed by atoms with Crippen molar-refractivity contribution in [1.82, 2.24) is 0 Å². The van der Waals surface area contributed by atoms with Crippen LogP contribution in [0.1, 0.15) is 24.8 Å². The summed E-state index contributed by atoms with van der Waals surface area (Å²) in [6.45, 7) is 1.93. The molecule has 0 aromatic heterocycles. The van der Waals surface area contributed by atoms with Gasteiger partial charge in [0.15, 0.2) is 0 Å². The number of para-hydroxylation sites is 1. The number of rotatable bonds is 0. The number of nitrogens with one attached hydrogen (secondary N) is 1. The van der Waals surface area contributed by atoms with Gasteiger partial charge in [-0.3, -0.25) is 4.79 Å². The zero-order valence-corrected chi connectivity index (χ0v) is 7.30. The van der Waals surface area contributed by atoms with E-state index in [0.29, 0.717) is 12.1 Å². The molecule has 0 saturated heterocycles. The molecule has 1 aromatic carbocycles. The summed E-state index contributed by atoms with van der Waals surface area (Å²) >= 11 is 0. The summed E-state index contributed by atoms with van der Waals surface area (Å²) in [5.74, 6) is -0.345. The topological polar surface area (TPSA) is 29.1 Å². The summed E-state index contributed by atoms with van der Waals surface area (Å²) in [7, 11) is 0. The molecule has 1 aliphatic rings. The molecule has 0 radical (unpaired) electrons. The fourth-order valence-electron chi connectivity index (χ4n) is 1.66. The van der Waals surface area contributed by atoms with E-state index in [9.17, 15) is 9.18 Å². The molecule has 2 rings (SSSR count). The normalized spacial score (nSPS) is 20.8. The Morgan fingerprint density at radius 1 is 1.54 bits per heavy atom. The summed E-state index contributed by atoms with van der Waals surface area (Å²) in [4.78, 5) is 11.1. The Kier molecular flexibility index (Phi) is 1.79. The second-order valence-corrected chi connectivity index (χ2v) is 3.36. The van der Waals surface area contributed by atoms with Crippen molar-refractivity contribution < 1.29 is 9.18 Å². The third kappa shape index (κ3) is 1.30. The maximum absolute atomic E-state index is 13.2. The van der Waals surface area contributed by atoms with Gasteiger partial charge in [0.25, 0.3) is 0 Å². The number of fused-ring (bicyclic) bond motifs is 1. The van der Waals surface area contributed by atoms with Crippen molar-refractivity contribution in [3.63, 3.8) is 0 Å². The number of halogens is 1. The smallest absolute Gasteiger partial charge is 0.225 e. The van der Waals surface area contributed by atoms with E-state index < -0.39 is 0 Å². The molecule has 1 atom stereocenters. The number of benzene rings is 1. The quantitative estimate of drug-likeness (QED) is 0.650. The van der Waals surface area contributed by atoms with Crippen LogP contribution in [-0.4, -0.2) is 5.91 Å². The first kappa shape index (κ1) is 8.23. The van der Waals surface area contributed by atoms with Crippen LogP contribution in [0.3, 0.4) is 0 Å². The molecular formula is C10H10FNO. The van der Waals surface area contributed by atoms with Gasteiger partial charge in [-0.2, -0.15) is 0 Å². The largest absolute Gasteiger partial charge is 0.323 e. The van der Waals surface area contributed by atoms with Crippen LogP contribution in [0.5, 0.6) is 0 Å². The number of anilines is 1. The summed E-state index contributed by atoms with van der Waals surface area (Å²) in [6, 6.07) is 4.88. The monoisotopic (exact) mass is 179 g/mol. The number of amides is 1. The average molecular weight is 179 g/mol. The molecule has 2 nitrogen and oxygen atoms in total. The Morgan fingerprint density at radius 2 is 2.31 bits per heavy atom. The summed E-state index contributed by atoms with van der Waals surface area (Å²) in [5.41, 5.74) is 1.24. The van der Waals surface area contributed by atoms with Crippen LogP contribution in [0.4, 0.5) is 10.1 Å². The Bertz CT molecular complexity index is 362. The van der Waals surface area contributed by atoms with Crippen molar-refractivity contribution in [1.29, 1.82) is 0 Å². The van der Waals surface area contributed by atoms with Crippen molar-refractivity contribution in [2.75, 3.05) is 5.32 Å². The molecule has 13 heavy (non-hydrogen) atoms. The molecule has 0 bridgehead atoms. The fraction of sp³-hybridized carbons (Fsp3) is 0.300. The van der Waals surface area contributed by atoms with Crippen LogP contribution in [0.15, 0.2) is 18.2 Å². The zero-order valence-electron chi connectivity index (χ0n) is 7.30. The van der Waals surface area contributed by atoms with E-state index in [1.807, 2.05) is 13.0 Å². The van der Waals surface area contributed by atoms with Crippen LogP contribution in [0.25, 0.3) is 0 Å². The standard InChI is InChI=1S/C10H10FNO/c1-6-5-9(13)12-10-7(6)3-2-4-8(10)11/h2-4,6H,5H2,1H3,(H,12,13). The SMILES string of the molecule is CC1CC(=O)Nc2c(F)cccc21. The zero-order chi connectivity index (χ0) is 9.42. The van der Waals surface area contributed by atoms with E-state index in [4.69, 9.17) is 0 Å². The van der Waals surface area contributed by atoms with Gasteiger partial charge in [0.2, 0.25) is 5.91 Å². The minimum atomic E-state index is -0.350. The minimum Gasteiger partial charge on any atom is -0.323 e. The van der Waals surface area contributed by atoms with E-state index in [2.05, 4.69) is 5.32 Å². The minimum absolute atomic E-state index is 0.106. The molecule has 1 aromatic rings. The van der Waals surface area contributed by atoms with Crippen LogP contribution in [0, 0.1) is 5.82 Å². The molecule has 1 aliphatic heterocycles. The average Bonchev–Trinajstić information content (AvgIpc) is 2.07. The number of carbonyl (C=O) groups excluding carboxylic acids is 1. The van der Waals surface area contributed by atoms with E-state index >= 15 is 0 Å². The fourth-order valence-corrected chi connectivity index (χ4v) is 1.66. The van der Waals surface area contributed by atoms with E-state index in [1.165, 1.54) is 6.07 Å². The highest BCUT2D eigenvalue weighted by molar-refractivity contribution is 5.94. The van der Waals surface area contributed by atoms with Crippen molar-refractivity contribution in [2.45, 2.75) is 19.3 Å². The molecule has 1 amide bonds. The second kappa shape index (κ2) is 2.83. The van der Waals surface area contributed by atoms with Gasteiger partial charge >= 0.3 is 0 Å². The third-order valence-electron chi connectivity index (χ3n) is 2.33.